The first-order valence-electron chi connectivity index (χ1n) is 7.93. The molecule has 0 atom stereocenters. The minimum absolute atomic E-state index is 0.187. The van der Waals surface area contributed by atoms with Gasteiger partial charge in [-0.3, -0.25) is 4.98 Å². The van der Waals surface area contributed by atoms with Crippen LogP contribution in [0.25, 0.3) is 11.0 Å². The van der Waals surface area contributed by atoms with Gasteiger partial charge in [0.15, 0.2) is 5.15 Å². The van der Waals surface area contributed by atoms with Gasteiger partial charge in [-0.1, -0.05) is 11.6 Å². The summed E-state index contributed by atoms with van der Waals surface area (Å²) >= 11 is 5.72. The topological polar surface area (TPSA) is 83.7 Å². The van der Waals surface area contributed by atoms with Crippen molar-refractivity contribution in [3.63, 3.8) is 0 Å². The van der Waals surface area contributed by atoms with Crippen molar-refractivity contribution in [1.29, 1.82) is 0 Å². The van der Waals surface area contributed by atoms with Crippen molar-refractivity contribution in [1.82, 2.24) is 9.97 Å². The number of aryl methyl sites for hydroxylation is 1. The van der Waals surface area contributed by atoms with E-state index in [0.29, 0.717) is 35.8 Å². The summed E-state index contributed by atoms with van der Waals surface area (Å²) in [6.45, 7) is 2.31. The average molecular weight is 377 g/mol. The maximum absolute atomic E-state index is 12.2. The van der Waals surface area contributed by atoms with Crippen LogP contribution in [0.4, 0.5) is 0 Å². The lowest BCUT2D eigenvalue weighted by atomic mass is 10.1. The van der Waals surface area contributed by atoms with Crippen molar-refractivity contribution >= 4 is 28.5 Å². The molecule has 0 bridgehead atoms. The fourth-order valence-electron chi connectivity index (χ4n) is 2.38. The van der Waals surface area contributed by atoms with Gasteiger partial charge in [-0.2, -0.15) is 4.98 Å². The van der Waals surface area contributed by atoms with E-state index < -0.39 is 5.97 Å². The molecular formula is C18H17ClN2O5. The molecule has 2 aromatic heterocycles. The van der Waals surface area contributed by atoms with Crippen LogP contribution >= 0.6 is 11.6 Å². The van der Waals surface area contributed by atoms with E-state index in [2.05, 4.69) is 9.97 Å². The van der Waals surface area contributed by atoms with Crippen LogP contribution in [0.5, 0.6) is 11.6 Å². The quantitative estimate of drug-likeness (QED) is 0.457. The fourth-order valence-corrected chi connectivity index (χ4v) is 2.52. The minimum Gasteiger partial charge on any atom is -0.497 e. The van der Waals surface area contributed by atoms with E-state index >= 15 is 0 Å². The zero-order chi connectivity index (χ0) is 18.5. The molecule has 0 radical (unpaired) electrons. The lowest BCUT2D eigenvalue weighted by Crippen LogP contribution is -2.10. The van der Waals surface area contributed by atoms with Crippen molar-refractivity contribution in [3.8, 4) is 11.6 Å². The van der Waals surface area contributed by atoms with Gasteiger partial charge < -0.3 is 18.6 Å². The molecule has 7 nitrogen and oxygen atoms in total. The van der Waals surface area contributed by atoms with Crippen LogP contribution in [0.3, 0.4) is 0 Å². The second-order valence-corrected chi connectivity index (χ2v) is 5.82. The Morgan fingerprint density at radius 1 is 1.27 bits per heavy atom. The maximum Gasteiger partial charge on any atom is 0.374 e. The standard InChI is InChI=1S/C18H17ClN2O5/c1-11-13-8-12(23-2)4-5-14(13)26-17(11)18(22)25-7-3-6-24-16-10-20-9-15(19)21-16/h4-5,8-10H,3,6-7H2,1-2H3. The summed E-state index contributed by atoms with van der Waals surface area (Å²) in [7, 11) is 1.59. The zero-order valence-corrected chi connectivity index (χ0v) is 15.1. The highest BCUT2D eigenvalue weighted by atomic mass is 35.5. The molecule has 8 heteroatoms. The number of ether oxygens (including phenoxy) is 3. The monoisotopic (exact) mass is 376 g/mol. The Morgan fingerprint density at radius 3 is 2.88 bits per heavy atom. The molecule has 3 rings (SSSR count). The van der Waals surface area contributed by atoms with Crippen LogP contribution in [0, 0.1) is 6.92 Å². The summed E-state index contributed by atoms with van der Waals surface area (Å²) in [6, 6.07) is 5.36. The third-order valence-corrected chi connectivity index (χ3v) is 3.87. The first kappa shape index (κ1) is 18.0. The van der Waals surface area contributed by atoms with Crippen molar-refractivity contribution in [3.05, 3.63) is 47.1 Å². The van der Waals surface area contributed by atoms with Gasteiger partial charge in [0, 0.05) is 17.4 Å². The minimum atomic E-state index is -0.514. The molecule has 0 saturated heterocycles. The van der Waals surface area contributed by atoms with Gasteiger partial charge in [0.25, 0.3) is 0 Å². The molecule has 0 aliphatic heterocycles. The Bertz CT molecular complexity index is 925. The van der Waals surface area contributed by atoms with Crippen LogP contribution in [-0.4, -0.2) is 36.3 Å². The number of methoxy groups -OCH3 is 1. The number of hydrogen-bond acceptors (Lipinski definition) is 7. The van der Waals surface area contributed by atoms with Crippen LogP contribution in [0.2, 0.25) is 5.15 Å². The SMILES string of the molecule is COc1ccc2oc(C(=O)OCCCOc3cncc(Cl)n3)c(C)c2c1. The molecule has 2 heterocycles. The second kappa shape index (κ2) is 8.05. The van der Waals surface area contributed by atoms with Gasteiger partial charge in [0.1, 0.15) is 11.3 Å². The summed E-state index contributed by atoms with van der Waals surface area (Å²) in [6.07, 6.45) is 3.37. The Morgan fingerprint density at radius 2 is 2.12 bits per heavy atom. The van der Waals surface area contributed by atoms with Gasteiger partial charge in [-0.05, 0) is 25.1 Å². The lowest BCUT2D eigenvalue weighted by Gasteiger charge is -2.05. The average Bonchev–Trinajstić information content (AvgIpc) is 2.97. The summed E-state index contributed by atoms with van der Waals surface area (Å²) in [5.41, 5.74) is 1.33. The molecule has 0 aliphatic rings. The number of carbonyl (C=O) groups is 1. The molecule has 3 aromatic rings. The van der Waals surface area contributed by atoms with E-state index in [-0.39, 0.29) is 17.5 Å². The molecule has 0 unspecified atom stereocenters. The van der Waals surface area contributed by atoms with Gasteiger partial charge in [-0.15, -0.1) is 0 Å². The number of hydrogen-bond donors (Lipinski definition) is 0. The number of aromatic nitrogens is 2. The number of carbonyl (C=O) groups excluding carboxylic acids is 1. The van der Waals surface area contributed by atoms with Crippen molar-refractivity contribution in [2.45, 2.75) is 13.3 Å². The van der Waals surface area contributed by atoms with Crippen LogP contribution in [-0.2, 0) is 4.74 Å². The van der Waals surface area contributed by atoms with Crippen LogP contribution in [0.1, 0.15) is 22.5 Å². The van der Waals surface area contributed by atoms with E-state index in [9.17, 15) is 4.79 Å². The molecule has 0 aliphatic carbocycles. The Labute approximate surface area is 154 Å². The largest absolute Gasteiger partial charge is 0.497 e. The second-order valence-electron chi connectivity index (χ2n) is 5.44. The van der Waals surface area contributed by atoms with E-state index in [1.807, 2.05) is 13.0 Å². The van der Waals surface area contributed by atoms with E-state index in [0.717, 1.165) is 5.39 Å². The highest BCUT2D eigenvalue weighted by Crippen LogP contribution is 2.29. The number of benzene rings is 1. The third-order valence-electron chi connectivity index (χ3n) is 3.68. The number of furan rings is 1. The number of esters is 1. The number of nitrogens with zero attached hydrogens (tertiary/aromatic N) is 2. The van der Waals surface area contributed by atoms with Gasteiger partial charge in [0.05, 0.1) is 32.7 Å². The molecule has 0 spiro atoms. The van der Waals surface area contributed by atoms with Crippen LogP contribution in [0.15, 0.2) is 35.0 Å². The molecule has 26 heavy (non-hydrogen) atoms. The Kier molecular flexibility index (Phi) is 5.58. The first-order valence-corrected chi connectivity index (χ1v) is 8.31. The molecule has 136 valence electrons. The maximum atomic E-state index is 12.2. The molecule has 0 fully saturated rings. The van der Waals surface area contributed by atoms with E-state index in [1.54, 1.807) is 19.2 Å². The highest BCUT2D eigenvalue weighted by molar-refractivity contribution is 6.29. The Hall–Kier alpha value is -2.80. The van der Waals surface area contributed by atoms with Gasteiger partial charge >= 0.3 is 5.97 Å². The van der Waals surface area contributed by atoms with Crippen molar-refractivity contribution in [2.75, 3.05) is 20.3 Å². The lowest BCUT2D eigenvalue weighted by molar-refractivity contribution is 0.0450. The fraction of sp³-hybridized carbons (Fsp3) is 0.278. The summed E-state index contributed by atoms with van der Waals surface area (Å²) in [5.74, 6) is 0.698. The molecule has 0 saturated carbocycles. The zero-order valence-electron chi connectivity index (χ0n) is 14.3. The predicted octanol–water partition coefficient (Wildman–Crippen LogP) is 3.82. The van der Waals surface area contributed by atoms with Gasteiger partial charge in [0.2, 0.25) is 11.6 Å². The molecular weight excluding hydrogens is 360 g/mol. The highest BCUT2D eigenvalue weighted by Gasteiger charge is 2.19. The Balaban J connectivity index is 1.53. The third kappa shape index (κ3) is 4.05. The summed E-state index contributed by atoms with van der Waals surface area (Å²) < 4.78 is 21.4. The molecule has 1 aromatic carbocycles. The molecule has 0 N–H and O–H groups in total. The number of rotatable bonds is 7. The van der Waals surface area contributed by atoms with Crippen molar-refractivity contribution < 1.29 is 23.4 Å². The summed E-state index contributed by atoms with van der Waals surface area (Å²) in [4.78, 5) is 20.1. The number of halogens is 1. The van der Waals surface area contributed by atoms with Crippen LogP contribution < -0.4 is 9.47 Å². The molecule has 0 amide bonds. The van der Waals surface area contributed by atoms with Crippen molar-refractivity contribution in [2.24, 2.45) is 0 Å². The van der Waals surface area contributed by atoms with Gasteiger partial charge in [-0.25, -0.2) is 4.79 Å². The van der Waals surface area contributed by atoms with E-state index in [4.69, 9.17) is 30.2 Å². The number of fused-ring (bicyclic) bond motifs is 1. The van der Waals surface area contributed by atoms with E-state index in [1.165, 1.54) is 12.4 Å². The normalized spacial score (nSPS) is 10.7. The predicted molar refractivity (Wildman–Crippen MR) is 94.9 cm³/mol. The smallest absolute Gasteiger partial charge is 0.374 e. The summed E-state index contributed by atoms with van der Waals surface area (Å²) in [5, 5.41) is 1.07. The first-order chi connectivity index (χ1) is 12.6.